The average molecular weight is 256 g/mol. The summed E-state index contributed by atoms with van der Waals surface area (Å²) in [6.07, 6.45) is -0.500. The second kappa shape index (κ2) is 6.61. The standard InChI is InChI=1S/C12H20N2O2S/c1-9(11-5-4-6-17-11)7-13-12(16)14(3)8-10(2)15/h4-6,9-10,15H,7-8H2,1-3H3,(H,13,16). The summed E-state index contributed by atoms with van der Waals surface area (Å²) >= 11 is 1.70. The van der Waals surface area contributed by atoms with Crippen LogP contribution in [0.2, 0.25) is 0 Å². The van der Waals surface area contributed by atoms with E-state index in [9.17, 15) is 9.90 Å². The molecule has 0 aliphatic carbocycles. The Morgan fingerprint density at radius 1 is 1.59 bits per heavy atom. The Bertz CT molecular complexity index is 338. The fourth-order valence-electron chi connectivity index (χ4n) is 1.53. The molecule has 0 aliphatic rings. The van der Waals surface area contributed by atoms with Crippen molar-refractivity contribution in [3.05, 3.63) is 22.4 Å². The average Bonchev–Trinajstić information content (AvgIpc) is 2.77. The van der Waals surface area contributed by atoms with Gasteiger partial charge >= 0.3 is 6.03 Å². The number of nitrogens with zero attached hydrogens (tertiary/aromatic N) is 1. The van der Waals surface area contributed by atoms with Gasteiger partial charge in [-0.05, 0) is 18.4 Å². The summed E-state index contributed by atoms with van der Waals surface area (Å²) < 4.78 is 0. The van der Waals surface area contributed by atoms with Crippen molar-refractivity contribution in [2.75, 3.05) is 20.1 Å². The van der Waals surface area contributed by atoms with E-state index >= 15 is 0 Å². The van der Waals surface area contributed by atoms with Crippen molar-refractivity contribution in [2.24, 2.45) is 0 Å². The number of likely N-dealkylation sites (N-methyl/N-ethyl adjacent to an activating group) is 1. The number of carbonyl (C=O) groups excluding carboxylic acids is 1. The minimum atomic E-state index is -0.500. The molecule has 1 aromatic rings. The van der Waals surface area contributed by atoms with Gasteiger partial charge in [0.25, 0.3) is 0 Å². The molecule has 5 heteroatoms. The zero-order valence-electron chi connectivity index (χ0n) is 10.5. The van der Waals surface area contributed by atoms with Crippen molar-refractivity contribution in [1.82, 2.24) is 10.2 Å². The minimum absolute atomic E-state index is 0.144. The van der Waals surface area contributed by atoms with E-state index in [2.05, 4.69) is 18.3 Å². The third kappa shape index (κ3) is 4.75. The molecule has 0 fully saturated rings. The van der Waals surface area contributed by atoms with Crippen molar-refractivity contribution in [3.63, 3.8) is 0 Å². The van der Waals surface area contributed by atoms with E-state index < -0.39 is 6.10 Å². The molecule has 0 saturated carbocycles. The van der Waals surface area contributed by atoms with Gasteiger partial charge in [-0.1, -0.05) is 13.0 Å². The lowest BCUT2D eigenvalue weighted by molar-refractivity contribution is 0.144. The molecule has 96 valence electrons. The summed E-state index contributed by atoms with van der Waals surface area (Å²) in [5.41, 5.74) is 0. The highest BCUT2D eigenvalue weighted by molar-refractivity contribution is 7.10. The molecule has 1 heterocycles. The first-order valence-electron chi connectivity index (χ1n) is 5.71. The van der Waals surface area contributed by atoms with Crippen LogP contribution in [-0.2, 0) is 0 Å². The third-order valence-corrected chi connectivity index (χ3v) is 3.58. The van der Waals surface area contributed by atoms with E-state index in [1.54, 1.807) is 25.3 Å². The predicted octanol–water partition coefficient (Wildman–Crippen LogP) is 1.87. The molecule has 2 unspecified atom stereocenters. The summed E-state index contributed by atoms with van der Waals surface area (Å²) in [6.45, 7) is 4.71. The molecule has 2 N–H and O–H groups in total. The van der Waals surface area contributed by atoms with Gasteiger partial charge in [0, 0.05) is 30.9 Å². The van der Waals surface area contributed by atoms with Gasteiger partial charge in [-0.25, -0.2) is 4.79 Å². The van der Waals surface area contributed by atoms with Crippen LogP contribution in [-0.4, -0.2) is 42.3 Å². The zero-order chi connectivity index (χ0) is 12.8. The predicted molar refractivity (Wildman–Crippen MR) is 70.4 cm³/mol. The monoisotopic (exact) mass is 256 g/mol. The van der Waals surface area contributed by atoms with E-state index in [0.717, 1.165) is 0 Å². The maximum Gasteiger partial charge on any atom is 0.317 e. The lowest BCUT2D eigenvalue weighted by atomic mass is 10.1. The molecule has 0 aliphatic heterocycles. The highest BCUT2D eigenvalue weighted by atomic mass is 32.1. The van der Waals surface area contributed by atoms with Crippen LogP contribution in [0.3, 0.4) is 0 Å². The van der Waals surface area contributed by atoms with Crippen molar-refractivity contribution in [2.45, 2.75) is 25.9 Å². The molecular weight excluding hydrogens is 236 g/mol. The van der Waals surface area contributed by atoms with Crippen molar-refractivity contribution < 1.29 is 9.90 Å². The number of urea groups is 1. The molecule has 4 nitrogen and oxygen atoms in total. The van der Waals surface area contributed by atoms with Gasteiger partial charge in [0.05, 0.1) is 6.10 Å². The summed E-state index contributed by atoms with van der Waals surface area (Å²) in [6, 6.07) is 3.94. The van der Waals surface area contributed by atoms with Crippen molar-refractivity contribution in [3.8, 4) is 0 Å². The van der Waals surface area contributed by atoms with Gasteiger partial charge in [-0.15, -0.1) is 11.3 Å². The quantitative estimate of drug-likeness (QED) is 0.845. The van der Waals surface area contributed by atoms with Crippen LogP contribution in [0.25, 0.3) is 0 Å². The lowest BCUT2D eigenvalue weighted by Crippen LogP contribution is -2.41. The van der Waals surface area contributed by atoms with Crippen molar-refractivity contribution in [1.29, 1.82) is 0 Å². The molecule has 1 aromatic heterocycles. The number of nitrogens with one attached hydrogen (secondary N) is 1. The number of rotatable bonds is 5. The summed E-state index contributed by atoms with van der Waals surface area (Å²) in [5, 5.41) is 14.1. The second-order valence-corrected chi connectivity index (χ2v) is 5.31. The van der Waals surface area contributed by atoms with Crippen LogP contribution in [0.1, 0.15) is 24.6 Å². The smallest absolute Gasteiger partial charge is 0.317 e. The summed E-state index contributed by atoms with van der Waals surface area (Å²) in [7, 11) is 1.68. The number of aliphatic hydroxyl groups excluding tert-OH is 1. The Balaban J connectivity index is 2.33. The molecule has 0 aromatic carbocycles. The van der Waals surface area contributed by atoms with Gasteiger partial charge in [0.2, 0.25) is 0 Å². The van der Waals surface area contributed by atoms with E-state index in [0.29, 0.717) is 19.0 Å². The molecule has 0 saturated heterocycles. The fraction of sp³-hybridized carbons (Fsp3) is 0.583. The van der Waals surface area contributed by atoms with Gasteiger partial charge in [0.1, 0.15) is 0 Å². The summed E-state index contributed by atoms with van der Waals surface area (Å²) in [4.78, 5) is 14.4. The molecular formula is C12H20N2O2S. The molecule has 0 radical (unpaired) electrons. The van der Waals surface area contributed by atoms with Crippen LogP contribution in [0.5, 0.6) is 0 Å². The van der Waals surface area contributed by atoms with Crippen LogP contribution < -0.4 is 5.32 Å². The summed E-state index contributed by atoms with van der Waals surface area (Å²) in [5.74, 6) is 0.318. The first-order chi connectivity index (χ1) is 8.00. The van der Waals surface area contributed by atoms with Crippen LogP contribution >= 0.6 is 11.3 Å². The topological polar surface area (TPSA) is 52.6 Å². The molecule has 2 amide bonds. The first kappa shape index (κ1) is 14.0. The number of carbonyl (C=O) groups is 1. The van der Waals surface area contributed by atoms with Crippen LogP contribution in [0.4, 0.5) is 4.79 Å². The Morgan fingerprint density at radius 3 is 2.82 bits per heavy atom. The Hall–Kier alpha value is -1.07. The highest BCUT2D eigenvalue weighted by Gasteiger charge is 2.12. The Morgan fingerprint density at radius 2 is 2.29 bits per heavy atom. The van der Waals surface area contributed by atoms with E-state index in [-0.39, 0.29) is 6.03 Å². The number of hydrogen-bond donors (Lipinski definition) is 2. The largest absolute Gasteiger partial charge is 0.392 e. The highest BCUT2D eigenvalue weighted by Crippen LogP contribution is 2.19. The first-order valence-corrected chi connectivity index (χ1v) is 6.59. The molecule has 2 atom stereocenters. The van der Waals surface area contributed by atoms with E-state index in [1.165, 1.54) is 9.78 Å². The van der Waals surface area contributed by atoms with E-state index in [1.807, 2.05) is 11.4 Å². The lowest BCUT2D eigenvalue weighted by Gasteiger charge is -2.20. The molecule has 1 rings (SSSR count). The number of amides is 2. The van der Waals surface area contributed by atoms with Crippen molar-refractivity contribution >= 4 is 17.4 Å². The SMILES string of the molecule is CC(O)CN(C)C(=O)NCC(C)c1cccs1. The number of thiophene rings is 1. The van der Waals surface area contributed by atoms with Crippen LogP contribution in [0, 0.1) is 0 Å². The van der Waals surface area contributed by atoms with Gasteiger partial charge in [-0.3, -0.25) is 0 Å². The minimum Gasteiger partial charge on any atom is -0.392 e. The van der Waals surface area contributed by atoms with Gasteiger partial charge in [-0.2, -0.15) is 0 Å². The van der Waals surface area contributed by atoms with E-state index in [4.69, 9.17) is 0 Å². The second-order valence-electron chi connectivity index (χ2n) is 4.33. The normalized spacial score (nSPS) is 14.1. The molecule has 0 bridgehead atoms. The van der Waals surface area contributed by atoms with Gasteiger partial charge in [0.15, 0.2) is 0 Å². The maximum atomic E-state index is 11.7. The Labute approximate surface area is 106 Å². The molecule has 17 heavy (non-hydrogen) atoms. The zero-order valence-corrected chi connectivity index (χ0v) is 11.3. The fourth-order valence-corrected chi connectivity index (χ4v) is 2.31. The maximum absolute atomic E-state index is 11.7. The third-order valence-electron chi connectivity index (χ3n) is 2.47. The number of aliphatic hydroxyl groups is 1. The number of hydrogen-bond acceptors (Lipinski definition) is 3. The van der Waals surface area contributed by atoms with Gasteiger partial charge < -0.3 is 15.3 Å². The Kier molecular flexibility index (Phi) is 5.44. The molecule has 0 spiro atoms. The van der Waals surface area contributed by atoms with Crippen LogP contribution in [0.15, 0.2) is 17.5 Å².